The third kappa shape index (κ3) is 3.06. The van der Waals surface area contributed by atoms with Gasteiger partial charge in [-0.2, -0.15) is 0 Å². The lowest BCUT2D eigenvalue weighted by atomic mass is 9.43. The third-order valence-corrected chi connectivity index (χ3v) is 11.0. The van der Waals surface area contributed by atoms with E-state index < -0.39 is 40.8 Å². The highest BCUT2D eigenvalue weighted by atomic mass is 16.7. The maximum Gasteiger partial charge on any atom is 0.333 e. The Morgan fingerprint density at radius 1 is 1.00 bits per heavy atom. The molecule has 0 aromatic heterocycles. The number of epoxide rings is 1. The number of rotatable bonds is 4. The van der Waals surface area contributed by atoms with Crippen LogP contribution in [0, 0.1) is 28.6 Å². The molecule has 7 nitrogen and oxygen atoms in total. The lowest BCUT2D eigenvalue weighted by Crippen LogP contribution is -2.70. The van der Waals surface area contributed by atoms with Gasteiger partial charge in [-0.1, -0.05) is 19.9 Å². The summed E-state index contributed by atoms with van der Waals surface area (Å²) >= 11 is 0. The lowest BCUT2D eigenvalue weighted by Gasteiger charge is -2.61. The van der Waals surface area contributed by atoms with E-state index in [2.05, 4.69) is 6.92 Å². The minimum atomic E-state index is -0.785. The summed E-state index contributed by atoms with van der Waals surface area (Å²) in [5, 5.41) is 10.5. The second-order valence-corrected chi connectivity index (χ2v) is 12.3. The van der Waals surface area contributed by atoms with Gasteiger partial charge in [0.05, 0.1) is 6.10 Å². The van der Waals surface area contributed by atoms with Crippen molar-refractivity contribution in [1.82, 2.24) is 0 Å². The first-order valence-corrected chi connectivity index (χ1v) is 13.3. The Morgan fingerprint density at radius 2 is 1.71 bits per heavy atom. The van der Waals surface area contributed by atoms with Crippen molar-refractivity contribution in [3.05, 3.63) is 11.6 Å². The van der Waals surface area contributed by atoms with Gasteiger partial charge in [-0.05, 0) is 77.0 Å². The number of hydrogen-bond donors (Lipinski definition) is 1. The molecule has 0 amide bonds. The fourth-order valence-electron chi connectivity index (χ4n) is 9.25. The molecule has 4 aliphatic carbocycles. The summed E-state index contributed by atoms with van der Waals surface area (Å²) in [6.07, 6.45) is 5.22. The average molecular weight is 489 g/mol. The molecule has 5 aliphatic rings. The number of carbonyl (C=O) groups is 3. The van der Waals surface area contributed by atoms with Crippen molar-refractivity contribution in [2.24, 2.45) is 28.6 Å². The fourth-order valence-corrected chi connectivity index (χ4v) is 9.25. The maximum atomic E-state index is 13.2. The molecule has 1 saturated heterocycles. The Balaban J connectivity index is 1.69. The summed E-state index contributed by atoms with van der Waals surface area (Å²) in [4.78, 5) is 38.6. The van der Waals surface area contributed by atoms with E-state index in [-0.39, 0.29) is 35.1 Å². The summed E-state index contributed by atoms with van der Waals surface area (Å²) in [5.74, 6) is -1.08. The van der Waals surface area contributed by atoms with Gasteiger partial charge in [0.2, 0.25) is 0 Å². The van der Waals surface area contributed by atoms with E-state index in [0.29, 0.717) is 18.4 Å². The molecule has 7 heteroatoms. The largest absolute Gasteiger partial charge is 0.458 e. The van der Waals surface area contributed by atoms with E-state index in [9.17, 15) is 19.5 Å². The van der Waals surface area contributed by atoms with Crippen LogP contribution in [0.1, 0.15) is 86.5 Å². The van der Waals surface area contributed by atoms with Crippen molar-refractivity contribution in [1.29, 1.82) is 0 Å². The molecule has 0 aromatic carbocycles. The number of hydrogen-bond acceptors (Lipinski definition) is 7. The molecular weight excluding hydrogens is 448 g/mol. The maximum absolute atomic E-state index is 13.2. The predicted molar refractivity (Wildman–Crippen MR) is 127 cm³/mol. The molecule has 35 heavy (non-hydrogen) atoms. The van der Waals surface area contributed by atoms with E-state index >= 15 is 0 Å². The van der Waals surface area contributed by atoms with Crippen LogP contribution in [0.3, 0.4) is 0 Å². The Labute approximate surface area is 207 Å². The number of ketones is 1. The Kier molecular flexibility index (Phi) is 5.62. The summed E-state index contributed by atoms with van der Waals surface area (Å²) in [6.45, 7) is 10.8. The van der Waals surface area contributed by atoms with E-state index in [0.717, 1.165) is 32.1 Å². The van der Waals surface area contributed by atoms with Crippen LogP contribution < -0.4 is 0 Å². The van der Waals surface area contributed by atoms with Crippen LogP contribution in [-0.2, 0) is 28.6 Å². The van der Waals surface area contributed by atoms with Crippen molar-refractivity contribution in [3.8, 4) is 0 Å². The van der Waals surface area contributed by atoms with E-state index in [1.54, 1.807) is 26.8 Å². The number of esters is 2. The van der Waals surface area contributed by atoms with Gasteiger partial charge in [0, 0.05) is 29.7 Å². The molecule has 1 aliphatic heterocycles. The average Bonchev–Trinajstić information content (AvgIpc) is 3.34. The molecule has 10 unspecified atom stereocenters. The van der Waals surface area contributed by atoms with Gasteiger partial charge in [-0.3, -0.25) is 9.59 Å². The minimum absolute atomic E-state index is 0.0565. The highest BCUT2D eigenvalue weighted by molar-refractivity contribution is 5.88. The first kappa shape index (κ1) is 24.9. The van der Waals surface area contributed by atoms with Crippen LogP contribution in [0.15, 0.2) is 11.6 Å². The fraction of sp³-hybridized carbons (Fsp3) is 0.821. The summed E-state index contributed by atoms with van der Waals surface area (Å²) < 4.78 is 19.3. The highest BCUT2D eigenvalue weighted by Crippen LogP contribution is 2.81. The number of Topliss-reactive ketones (excluding diaryl/α,β-unsaturated/α-hetero) is 1. The standard InChI is InChI=1S/C28H40O7/c1-7-15(2)24(32)34-21-22-25(5)11-9-19(31)14-18(25)8-12-27(22)28(35-27)13-10-20(16(3)29)26(28,6)23(21)33-17(4)30/h7,18-23,31H,8-14H2,1-6H3. The zero-order valence-corrected chi connectivity index (χ0v) is 21.9. The highest BCUT2D eigenvalue weighted by Gasteiger charge is 2.91. The molecule has 5 rings (SSSR count). The Morgan fingerprint density at radius 3 is 2.34 bits per heavy atom. The zero-order valence-electron chi connectivity index (χ0n) is 21.9. The van der Waals surface area contributed by atoms with Gasteiger partial charge in [0.1, 0.15) is 29.2 Å². The number of fused-ring (bicyclic) bond motifs is 2. The third-order valence-electron chi connectivity index (χ3n) is 11.0. The Bertz CT molecular complexity index is 988. The first-order valence-electron chi connectivity index (χ1n) is 13.3. The van der Waals surface area contributed by atoms with Crippen LogP contribution >= 0.6 is 0 Å². The molecule has 4 saturated carbocycles. The summed E-state index contributed by atoms with van der Waals surface area (Å²) in [6, 6.07) is 0. The van der Waals surface area contributed by atoms with Gasteiger partial charge < -0.3 is 19.3 Å². The van der Waals surface area contributed by atoms with Crippen molar-refractivity contribution in [3.63, 3.8) is 0 Å². The van der Waals surface area contributed by atoms with Crippen LogP contribution in [0.4, 0.5) is 0 Å². The van der Waals surface area contributed by atoms with Crippen molar-refractivity contribution >= 4 is 17.7 Å². The molecule has 1 N–H and O–H groups in total. The van der Waals surface area contributed by atoms with Crippen molar-refractivity contribution < 1.29 is 33.7 Å². The van der Waals surface area contributed by atoms with E-state index in [1.807, 2.05) is 6.92 Å². The molecule has 2 spiro atoms. The smallest absolute Gasteiger partial charge is 0.333 e. The van der Waals surface area contributed by atoms with Crippen LogP contribution in [0.2, 0.25) is 0 Å². The summed E-state index contributed by atoms with van der Waals surface area (Å²) in [7, 11) is 0. The molecule has 5 fully saturated rings. The quantitative estimate of drug-likeness (QED) is 0.364. The zero-order chi connectivity index (χ0) is 25.6. The molecular formula is C28H40O7. The second-order valence-electron chi connectivity index (χ2n) is 12.3. The normalized spacial score (nSPS) is 50.2. The van der Waals surface area contributed by atoms with E-state index in [1.165, 1.54) is 6.92 Å². The molecule has 0 bridgehead atoms. The molecule has 0 aromatic rings. The van der Waals surface area contributed by atoms with Gasteiger partial charge >= 0.3 is 11.9 Å². The predicted octanol–water partition coefficient (Wildman–Crippen LogP) is 3.90. The van der Waals surface area contributed by atoms with Crippen LogP contribution in [0.5, 0.6) is 0 Å². The first-order chi connectivity index (χ1) is 16.4. The van der Waals surface area contributed by atoms with Crippen molar-refractivity contribution in [2.45, 2.75) is 116 Å². The SMILES string of the molecule is CC=C(C)C(=O)OC1C2C3(C)CCC(O)CC3CCC23OC32CCC(C(C)=O)C2(C)C1OC(C)=O. The molecule has 10 atom stereocenters. The Hall–Kier alpha value is -1.73. The number of aliphatic hydroxyl groups is 1. The molecule has 0 radical (unpaired) electrons. The van der Waals surface area contributed by atoms with Crippen molar-refractivity contribution in [2.75, 3.05) is 0 Å². The number of aliphatic hydroxyl groups excluding tert-OH is 1. The molecule has 194 valence electrons. The number of ether oxygens (including phenoxy) is 3. The summed E-state index contributed by atoms with van der Waals surface area (Å²) in [5.41, 5.74) is -1.64. The van der Waals surface area contributed by atoms with Gasteiger partial charge in [-0.25, -0.2) is 4.79 Å². The lowest BCUT2D eigenvalue weighted by molar-refractivity contribution is -0.223. The number of allylic oxidation sites excluding steroid dienone is 1. The van der Waals surface area contributed by atoms with Gasteiger partial charge in [0.25, 0.3) is 0 Å². The van der Waals surface area contributed by atoms with Gasteiger partial charge in [0.15, 0.2) is 0 Å². The molecule has 1 heterocycles. The van der Waals surface area contributed by atoms with Crippen LogP contribution in [-0.4, -0.2) is 52.3 Å². The minimum Gasteiger partial charge on any atom is -0.458 e. The van der Waals surface area contributed by atoms with E-state index in [4.69, 9.17) is 14.2 Å². The monoisotopic (exact) mass is 488 g/mol. The second kappa shape index (κ2) is 7.88. The van der Waals surface area contributed by atoms with Gasteiger partial charge in [-0.15, -0.1) is 0 Å². The number of carbonyl (C=O) groups excluding carboxylic acids is 3. The van der Waals surface area contributed by atoms with Crippen LogP contribution in [0.25, 0.3) is 0 Å². The topological polar surface area (TPSA) is 102 Å².